The Labute approximate surface area is 130 Å². The molecule has 0 aliphatic carbocycles. The first-order valence-electron chi connectivity index (χ1n) is 6.96. The molecule has 0 atom stereocenters. The van der Waals surface area contributed by atoms with Crippen LogP contribution in [-0.4, -0.2) is 27.5 Å². The zero-order chi connectivity index (χ0) is 16.8. The van der Waals surface area contributed by atoms with Crippen molar-refractivity contribution in [3.05, 3.63) is 35.7 Å². The Morgan fingerprint density at radius 1 is 1.26 bits per heavy atom. The molecular weight excluding hydrogens is 311 g/mol. The van der Waals surface area contributed by atoms with Crippen LogP contribution in [0.25, 0.3) is 11.4 Å². The molecule has 3 rings (SSSR count). The molecule has 1 aromatic carbocycles. The van der Waals surface area contributed by atoms with Gasteiger partial charge in [-0.05, 0) is 19.4 Å². The van der Waals surface area contributed by atoms with Crippen molar-refractivity contribution in [2.45, 2.75) is 26.6 Å². The highest BCUT2D eigenvalue weighted by molar-refractivity contribution is 5.87. The Morgan fingerprint density at radius 2 is 1.91 bits per heavy atom. The molecule has 1 amide bonds. The molecule has 2 aromatic rings. The number of hydrogen-bond acceptors (Lipinski definition) is 4. The number of rotatable bonds is 3. The molecule has 23 heavy (non-hydrogen) atoms. The predicted octanol–water partition coefficient (Wildman–Crippen LogP) is 3.12. The van der Waals surface area contributed by atoms with Crippen molar-refractivity contribution < 1.29 is 22.5 Å². The molecule has 0 radical (unpaired) electrons. The summed E-state index contributed by atoms with van der Waals surface area (Å²) in [5, 5.41) is 3.33. The Hall–Kier alpha value is -2.38. The van der Waals surface area contributed by atoms with Crippen molar-refractivity contribution in [1.29, 1.82) is 0 Å². The van der Waals surface area contributed by atoms with Crippen molar-refractivity contribution in [2.75, 3.05) is 6.54 Å². The minimum Gasteiger partial charge on any atom is -0.337 e. The number of β-lactam (4-membered cyclic amide) rings is 1. The number of carbonyl (C=O) groups excluding carboxylic acids is 1. The van der Waals surface area contributed by atoms with E-state index in [-0.39, 0.29) is 17.1 Å². The number of likely N-dealkylation sites (tertiary alicyclic amines) is 1. The SMILES string of the molecule is CC1(C)CN(Cc2ccc(-c3noc(C(F)(F)F)n3)cc2)C1=O. The second-order valence-electron chi connectivity index (χ2n) is 6.16. The Morgan fingerprint density at radius 3 is 2.39 bits per heavy atom. The number of benzene rings is 1. The molecule has 2 heterocycles. The molecule has 1 aliphatic heterocycles. The summed E-state index contributed by atoms with van der Waals surface area (Å²) in [6.07, 6.45) is -4.66. The van der Waals surface area contributed by atoms with Crippen LogP contribution in [0.4, 0.5) is 13.2 Å². The van der Waals surface area contributed by atoms with Crippen molar-refractivity contribution in [2.24, 2.45) is 5.41 Å². The molecule has 0 N–H and O–H groups in total. The van der Waals surface area contributed by atoms with Crippen LogP contribution in [-0.2, 0) is 17.5 Å². The summed E-state index contributed by atoms with van der Waals surface area (Å²) in [6.45, 7) is 4.95. The summed E-state index contributed by atoms with van der Waals surface area (Å²) in [4.78, 5) is 16.9. The normalized spacial score (nSPS) is 17.3. The topological polar surface area (TPSA) is 59.2 Å². The molecule has 8 heteroatoms. The lowest BCUT2D eigenvalue weighted by Gasteiger charge is -2.44. The molecular formula is C15H14F3N3O2. The van der Waals surface area contributed by atoms with E-state index in [1.54, 1.807) is 29.2 Å². The Kier molecular flexibility index (Phi) is 3.42. The first-order valence-corrected chi connectivity index (χ1v) is 6.96. The van der Waals surface area contributed by atoms with Gasteiger partial charge < -0.3 is 9.42 Å². The zero-order valence-electron chi connectivity index (χ0n) is 12.5. The van der Waals surface area contributed by atoms with E-state index in [9.17, 15) is 18.0 Å². The fraction of sp³-hybridized carbons (Fsp3) is 0.400. The zero-order valence-corrected chi connectivity index (χ0v) is 12.5. The van der Waals surface area contributed by atoms with Crippen molar-refractivity contribution in [1.82, 2.24) is 15.0 Å². The van der Waals surface area contributed by atoms with Crippen LogP contribution in [0.3, 0.4) is 0 Å². The van der Waals surface area contributed by atoms with Gasteiger partial charge in [0.25, 0.3) is 0 Å². The fourth-order valence-electron chi connectivity index (χ4n) is 2.52. The number of alkyl halides is 3. The highest BCUT2D eigenvalue weighted by atomic mass is 19.4. The molecule has 0 spiro atoms. The molecule has 0 saturated carbocycles. The Bertz CT molecular complexity index is 735. The highest BCUT2D eigenvalue weighted by Crippen LogP contribution is 2.32. The summed E-state index contributed by atoms with van der Waals surface area (Å²) in [6, 6.07) is 6.68. The van der Waals surface area contributed by atoms with Gasteiger partial charge in [0.05, 0.1) is 5.41 Å². The second kappa shape index (κ2) is 5.07. The van der Waals surface area contributed by atoms with Crippen LogP contribution in [0.5, 0.6) is 0 Å². The average Bonchev–Trinajstić information content (AvgIpc) is 2.97. The molecule has 1 aromatic heterocycles. The lowest BCUT2D eigenvalue weighted by Crippen LogP contribution is -2.57. The van der Waals surface area contributed by atoms with E-state index in [4.69, 9.17) is 0 Å². The first kappa shape index (κ1) is 15.5. The molecule has 1 aliphatic rings. The van der Waals surface area contributed by atoms with Gasteiger partial charge in [-0.15, -0.1) is 0 Å². The van der Waals surface area contributed by atoms with Crippen LogP contribution < -0.4 is 0 Å². The summed E-state index contributed by atoms with van der Waals surface area (Å²) in [5.74, 6) is -1.40. The number of amides is 1. The van der Waals surface area contributed by atoms with E-state index in [0.717, 1.165) is 5.56 Å². The minimum atomic E-state index is -4.66. The Balaban J connectivity index is 1.70. The first-order chi connectivity index (χ1) is 10.7. The van der Waals surface area contributed by atoms with Crippen molar-refractivity contribution >= 4 is 5.91 Å². The van der Waals surface area contributed by atoms with E-state index in [2.05, 4.69) is 14.7 Å². The summed E-state index contributed by atoms with van der Waals surface area (Å²) >= 11 is 0. The van der Waals surface area contributed by atoms with E-state index in [1.807, 2.05) is 13.8 Å². The van der Waals surface area contributed by atoms with Gasteiger partial charge in [0.15, 0.2) is 0 Å². The monoisotopic (exact) mass is 325 g/mol. The van der Waals surface area contributed by atoms with Gasteiger partial charge in [0.2, 0.25) is 11.7 Å². The maximum atomic E-state index is 12.4. The van der Waals surface area contributed by atoms with Gasteiger partial charge in [0, 0.05) is 18.7 Å². The van der Waals surface area contributed by atoms with Crippen LogP contribution in [0, 0.1) is 5.41 Å². The van der Waals surface area contributed by atoms with Crippen molar-refractivity contribution in [3.8, 4) is 11.4 Å². The number of carbonyl (C=O) groups is 1. The van der Waals surface area contributed by atoms with Crippen LogP contribution in [0.1, 0.15) is 25.3 Å². The van der Waals surface area contributed by atoms with Gasteiger partial charge in [-0.2, -0.15) is 18.2 Å². The lowest BCUT2D eigenvalue weighted by molar-refractivity contribution is -0.159. The van der Waals surface area contributed by atoms with Gasteiger partial charge in [0.1, 0.15) is 0 Å². The standard InChI is InChI=1S/C15H14F3N3O2/c1-14(2)8-21(13(14)22)7-9-3-5-10(6-4-9)11-19-12(23-20-11)15(16,17)18/h3-6H,7-8H2,1-2H3. The van der Waals surface area contributed by atoms with Crippen LogP contribution in [0.2, 0.25) is 0 Å². The predicted molar refractivity (Wildman–Crippen MR) is 73.9 cm³/mol. The molecule has 122 valence electrons. The van der Waals surface area contributed by atoms with E-state index in [0.29, 0.717) is 18.7 Å². The molecule has 1 saturated heterocycles. The van der Waals surface area contributed by atoms with E-state index in [1.165, 1.54) is 0 Å². The van der Waals surface area contributed by atoms with Crippen LogP contribution >= 0.6 is 0 Å². The fourth-order valence-corrected chi connectivity index (χ4v) is 2.52. The number of aromatic nitrogens is 2. The molecule has 1 fully saturated rings. The van der Waals surface area contributed by atoms with Crippen LogP contribution in [0.15, 0.2) is 28.8 Å². The summed E-state index contributed by atoms with van der Waals surface area (Å²) < 4.78 is 41.5. The number of halogens is 3. The summed E-state index contributed by atoms with van der Waals surface area (Å²) in [7, 11) is 0. The smallest absolute Gasteiger partial charge is 0.337 e. The van der Waals surface area contributed by atoms with E-state index >= 15 is 0 Å². The minimum absolute atomic E-state index is 0.0922. The largest absolute Gasteiger partial charge is 0.471 e. The third-order valence-electron chi connectivity index (χ3n) is 3.71. The van der Waals surface area contributed by atoms with Gasteiger partial charge in [-0.25, -0.2) is 0 Å². The molecule has 0 bridgehead atoms. The third kappa shape index (κ3) is 2.93. The van der Waals surface area contributed by atoms with Gasteiger partial charge in [-0.1, -0.05) is 29.4 Å². The van der Waals surface area contributed by atoms with E-state index < -0.39 is 12.1 Å². The quantitative estimate of drug-likeness (QED) is 0.814. The highest BCUT2D eigenvalue weighted by Gasteiger charge is 2.43. The number of hydrogen-bond donors (Lipinski definition) is 0. The van der Waals surface area contributed by atoms with Gasteiger partial charge >= 0.3 is 12.1 Å². The summed E-state index contributed by atoms with van der Waals surface area (Å²) in [5.41, 5.74) is 0.999. The maximum absolute atomic E-state index is 12.4. The average molecular weight is 325 g/mol. The lowest BCUT2D eigenvalue weighted by atomic mass is 9.83. The number of nitrogens with zero attached hydrogens (tertiary/aromatic N) is 3. The van der Waals surface area contributed by atoms with Crippen molar-refractivity contribution in [3.63, 3.8) is 0 Å². The maximum Gasteiger partial charge on any atom is 0.471 e. The van der Waals surface area contributed by atoms with Gasteiger partial charge in [-0.3, -0.25) is 4.79 Å². The molecule has 0 unspecified atom stereocenters. The second-order valence-corrected chi connectivity index (χ2v) is 6.16. The molecule has 5 nitrogen and oxygen atoms in total. The third-order valence-corrected chi connectivity index (χ3v) is 3.71.